The highest BCUT2D eigenvalue weighted by molar-refractivity contribution is 6.52. The lowest BCUT2D eigenvalue weighted by Crippen LogP contribution is -2.48. The molecule has 0 amide bonds. The molecule has 2 aliphatic heterocycles. The highest BCUT2D eigenvalue weighted by atomic mass is 19.1. The van der Waals surface area contributed by atoms with Gasteiger partial charge in [0.25, 0.3) is 0 Å². The number of rotatable bonds is 3. The summed E-state index contributed by atoms with van der Waals surface area (Å²) in [6.07, 6.45) is 0. The maximum Gasteiger partial charge on any atom is 0.179 e. The van der Waals surface area contributed by atoms with Gasteiger partial charge in [-0.05, 0) is 74.4 Å². The number of aryl methyl sites for hydroxylation is 3. The van der Waals surface area contributed by atoms with Crippen molar-refractivity contribution in [3.8, 4) is 5.69 Å². The fourth-order valence-corrected chi connectivity index (χ4v) is 5.59. The molecular formula is C33H27FN6. The number of halogens is 1. The molecule has 2 aliphatic rings. The Hall–Kier alpha value is -5.04. The van der Waals surface area contributed by atoms with E-state index in [1.807, 2.05) is 78.3 Å². The van der Waals surface area contributed by atoms with E-state index >= 15 is 0 Å². The number of aliphatic imine (C=N–C) groups is 2. The average Bonchev–Trinajstić information content (AvgIpc) is 3.30. The second kappa shape index (κ2) is 9.31. The number of anilines is 2. The predicted octanol–water partition coefficient (Wildman–Crippen LogP) is 7.73. The topological polar surface area (TPSA) is 57.8 Å². The molecule has 3 heterocycles. The van der Waals surface area contributed by atoms with Crippen molar-refractivity contribution in [2.24, 2.45) is 9.98 Å². The SMILES string of the molecule is Cc1ccc(N=C2Nc3ccccc3N3C2=Nc2c(c(C)nn2-c2ccccc2)[C@H]3c2ccc(F)cc2)c(C)c1. The first-order valence-electron chi connectivity index (χ1n) is 13.3. The summed E-state index contributed by atoms with van der Waals surface area (Å²) in [5.74, 6) is 1.78. The molecule has 7 heteroatoms. The Bertz CT molecular complexity index is 1820. The minimum Gasteiger partial charge on any atom is -0.335 e. The number of nitrogens with one attached hydrogen (secondary N) is 1. The first-order valence-corrected chi connectivity index (χ1v) is 13.3. The number of para-hydroxylation sites is 3. The lowest BCUT2D eigenvalue weighted by molar-refractivity contribution is 0.626. The lowest BCUT2D eigenvalue weighted by Gasteiger charge is -2.41. The summed E-state index contributed by atoms with van der Waals surface area (Å²) in [4.78, 5) is 12.6. The van der Waals surface area contributed by atoms with E-state index in [4.69, 9.17) is 15.1 Å². The van der Waals surface area contributed by atoms with Crippen LogP contribution in [-0.2, 0) is 0 Å². The van der Waals surface area contributed by atoms with Crippen LogP contribution in [0.1, 0.15) is 34.0 Å². The van der Waals surface area contributed by atoms with Crippen molar-refractivity contribution in [2.75, 3.05) is 10.2 Å². The largest absolute Gasteiger partial charge is 0.335 e. The second-order valence-corrected chi connectivity index (χ2v) is 10.2. The van der Waals surface area contributed by atoms with Gasteiger partial charge in [0.05, 0.1) is 34.5 Å². The quantitative estimate of drug-likeness (QED) is 0.262. The van der Waals surface area contributed by atoms with E-state index in [9.17, 15) is 4.39 Å². The zero-order valence-corrected chi connectivity index (χ0v) is 22.4. The third-order valence-corrected chi connectivity index (χ3v) is 7.45. The van der Waals surface area contributed by atoms with Crippen molar-refractivity contribution in [2.45, 2.75) is 26.8 Å². The van der Waals surface area contributed by atoms with E-state index < -0.39 is 0 Å². The molecule has 0 radical (unpaired) electrons. The molecule has 4 aromatic carbocycles. The van der Waals surface area contributed by atoms with Gasteiger partial charge in [0.15, 0.2) is 17.5 Å². The Morgan fingerprint density at radius 1 is 0.850 bits per heavy atom. The molecule has 0 saturated heterocycles. The van der Waals surface area contributed by atoms with Crippen LogP contribution in [0.2, 0.25) is 0 Å². The van der Waals surface area contributed by atoms with Gasteiger partial charge in [0.2, 0.25) is 0 Å². The van der Waals surface area contributed by atoms with Gasteiger partial charge in [-0.1, -0.05) is 60.2 Å². The summed E-state index contributed by atoms with van der Waals surface area (Å²) in [6, 6.07) is 30.8. The van der Waals surface area contributed by atoms with Crippen LogP contribution in [0, 0.1) is 26.6 Å². The Balaban J connectivity index is 1.53. The van der Waals surface area contributed by atoms with E-state index in [2.05, 4.69) is 42.3 Å². The zero-order chi connectivity index (χ0) is 27.4. The zero-order valence-electron chi connectivity index (χ0n) is 22.4. The van der Waals surface area contributed by atoms with Gasteiger partial charge in [0.1, 0.15) is 5.82 Å². The Morgan fingerprint density at radius 2 is 1.60 bits per heavy atom. The molecule has 7 rings (SSSR count). The normalized spacial score (nSPS) is 16.6. The van der Waals surface area contributed by atoms with Gasteiger partial charge in [-0.25, -0.2) is 19.1 Å². The van der Waals surface area contributed by atoms with Crippen LogP contribution < -0.4 is 10.2 Å². The summed E-state index contributed by atoms with van der Waals surface area (Å²) in [5, 5.41) is 8.50. The van der Waals surface area contributed by atoms with Crippen LogP contribution in [0.25, 0.3) is 5.69 Å². The molecule has 0 saturated carbocycles. The van der Waals surface area contributed by atoms with Gasteiger partial charge in [-0.3, -0.25) is 0 Å². The van der Waals surface area contributed by atoms with Crippen LogP contribution in [0.5, 0.6) is 0 Å². The highest BCUT2D eigenvalue weighted by Crippen LogP contribution is 2.47. The van der Waals surface area contributed by atoms with E-state index in [1.165, 1.54) is 17.7 Å². The first-order chi connectivity index (χ1) is 19.5. The van der Waals surface area contributed by atoms with Gasteiger partial charge in [0, 0.05) is 5.56 Å². The summed E-state index contributed by atoms with van der Waals surface area (Å²) < 4.78 is 16.0. The number of nitrogens with zero attached hydrogens (tertiary/aromatic N) is 5. The fourth-order valence-electron chi connectivity index (χ4n) is 5.59. The molecule has 5 aromatic rings. The third kappa shape index (κ3) is 3.90. The predicted molar refractivity (Wildman–Crippen MR) is 159 cm³/mol. The minimum absolute atomic E-state index is 0.275. The van der Waals surface area contributed by atoms with Gasteiger partial charge in [-0.15, -0.1) is 0 Å². The number of fused-ring (bicyclic) bond motifs is 4. The molecule has 0 spiro atoms. The fraction of sp³-hybridized carbons (Fsp3) is 0.121. The molecular weight excluding hydrogens is 499 g/mol. The minimum atomic E-state index is -0.298. The molecule has 0 bridgehead atoms. The number of benzene rings is 4. The molecule has 1 N–H and O–H groups in total. The molecule has 6 nitrogen and oxygen atoms in total. The maximum atomic E-state index is 14.1. The van der Waals surface area contributed by atoms with Gasteiger partial charge >= 0.3 is 0 Å². The standard InChI is InChI=1S/C33H27FN6/c1-20-13-18-26(21(2)19-20)35-31-33-37-32-29(22(3)38-40(32)25-9-5-4-6-10-25)30(23-14-16-24(34)17-15-23)39(33)28-12-8-7-11-27(28)36-31/h4-19,30H,1-3H3,(H,35,36)/t30-/m1/s1. The van der Waals surface area contributed by atoms with Gasteiger partial charge < -0.3 is 10.2 Å². The smallest absolute Gasteiger partial charge is 0.179 e. The molecule has 40 heavy (non-hydrogen) atoms. The van der Waals surface area contributed by atoms with Gasteiger partial charge in [-0.2, -0.15) is 5.10 Å². The maximum absolute atomic E-state index is 14.1. The average molecular weight is 527 g/mol. The highest BCUT2D eigenvalue weighted by Gasteiger charge is 2.41. The molecule has 196 valence electrons. The van der Waals surface area contributed by atoms with E-state index in [0.717, 1.165) is 51.0 Å². The molecule has 0 fully saturated rings. The molecule has 0 unspecified atom stereocenters. The Kier molecular flexibility index (Phi) is 5.59. The number of hydrogen-bond donors (Lipinski definition) is 1. The van der Waals surface area contributed by atoms with Crippen molar-refractivity contribution in [1.29, 1.82) is 0 Å². The lowest BCUT2D eigenvalue weighted by atomic mass is 9.93. The van der Waals surface area contributed by atoms with E-state index in [0.29, 0.717) is 11.7 Å². The Labute approximate surface area is 232 Å². The van der Waals surface area contributed by atoms with Crippen LogP contribution >= 0.6 is 0 Å². The molecule has 1 atom stereocenters. The summed E-state index contributed by atoms with van der Waals surface area (Å²) >= 11 is 0. The second-order valence-electron chi connectivity index (χ2n) is 10.2. The number of aromatic nitrogens is 2. The summed E-state index contributed by atoms with van der Waals surface area (Å²) in [6.45, 7) is 6.15. The molecule has 0 aliphatic carbocycles. The van der Waals surface area contributed by atoms with Crippen molar-refractivity contribution in [3.63, 3.8) is 0 Å². The Morgan fingerprint density at radius 3 is 2.38 bits per heavy atom. The van der Waals surface area contributed by atoms with Crippen molar-refractivity contribution < 1.29 is 4.39 Å². The first kappa shape index (κ1) is 24.0. The van der Waals surface area contributed by atoms with Crippen LogP contribution in [0.3, 0.4) is 0 Å². The summed E-state index contributed by atoms with van der Waals surface area (Å²) in [5.41, 5.74) is 8.71. The van der Waals surface area contributed by atoms with Crippen molar-refractivity contribution in [3.05, 3.63) is 131 Å². The van der Waals surface area contributed by atoms with Crippen molar-refractivity contribution in [1.82, 2.24) is 9.78 Å². The van der Waals surface area contributed by atoms with Crippen LogP contribution in [0.15, 0.2) is 107 Å². The van der Waals surface area contributed by atoms with E-state index in [1.54, 1.807) is 0 Å². The van der Waals surface area contributed by atoms with Crippen LogP contribution in [-0.4, -0.2) is 21.5 Å². The van der Waals surface area contributed by atoms with E-state index in [-0.39, 0.29) is 11.9 Å². The number of amidine groups is 2. The van der Waals surface area contributed by atoms with Crippen LogP contribution in [0.4, 0.5) is 27.3 Å². The number of hydrogen-bond acceptors (Lipinski definition) is 4. The summed E-state index contributed by atoms with van der Waals surface area (Å²) in [7, 11) is 0. The van der Waals surface area contributed by atoms with Crippen molar-refractivity contribution >= 4 is 34.6 Å². The molecule has 1 aromatic heterocycles. The third-order valence-electron chi connectivity index (χ3n) is 7.45. The monoisotopic (exact) mass is 526 g/mol.